The maximum absolute atomic E-state index is 12.3. The Balaban J connectivity index is 1.53. The van der Waals surface area contributed by atoms with Crippen molar-refractivity contribution in [2.24, 2.45) is 0 Å². The summed E-state index contributed by atoms with van der Waals surface area (Å²) >= 11 is 0. The zero-order chi connectivity index (χ0) is 18.5. The van der Waals surface area contributed by atoms with Crippen molar-refractivity contribution < 1.29 is 18.7 Å². The van der Waals surface area contributed by atoms with E-state index in [-0.39, 0.29) is 11.8 Å². The van der Waals surface area contributed by atoms with E-state index in [1.54, 1.807) is 44.2 Å². The number of morpholine rings is 1. The Morgan fingerprint density at radius 3 is 2.23 bits per heavy atom. The molecule has 0 bridgehead atoms. The van der Waals surface area contributed by atoms with Gasteiger partial charge < -0.3 is 19.8 Å². The number of hydrogen-bond acceptors (Lipinski definition) is 5. The van der Waals surface area contributed by atoms with Crippen molar-refractivity contribution in [3.63, 3.8) is 0 Å². The molecule has 2 heterocycles. The molecule has 1 saturated heterocycles. The number of anilines is 2. The molecule has 26 heavy (non-hydrogen) atoms. The predicted octanol–water partition coefficient (Wildman–Crippen LogP) is 2.42. The van der Waals surface area contributed by atoms with Gasteiger partial charge in [-0.2, -0.15) is 0 Å². The molecule has 3 rings (SSSR count). The largest absolute Gasteiger partial charge is 0.466 e. The summed E-state index contributed by atoms with van der Waals surface area (Å²) in [5, 5.41) is 5.69. The lowest BCUT2D eigenvalue weighted by Crippen LogP contribution is -2.41. The minimum atomic E-state index is -0.219. The Bertz CT molecular complexity index is 777. The molecule has 1 aliphatic heterocycles. The normalized spacial score (nSPS) is 14.8. The number of hydrogen-bond donors (Lipinski definition) is 2. The third kappa shape index (κ3) is 4.71. The van der Waals surface area contributed by atoms with Crippen LogP contribution in [-0.4, -0.2) is 49.6 Å². The lowest BCUT2D eigenvalue weighted by atomic mass is 10.2. The molecule has 1 fully saturated rings. The number of carbonyl (C=O) groups excluding carboxylic acids is 2. The van der Waals surface area contributed by atoms with Gasteiger partial charge in [-0.15, -0.1) is 0 Å². The van der Waals surface area contributed by atoms with E-state index in [2.05, 4.69) is 15.5 Å². The van der Waals surface area contributed by atoms with Gasteiger partial charge in [0, 0.05) is 24.5 Å². The molecule has 7 nitrogen and oxygen atoms in total. The van der Waals surface area contributed by atoms with Crippen LogP contribution in [0.5, 0.6) is 0 Å². The third-order valence-electron chi connectivity index (χ3n) is 4.18. The molecular weight excluding hydrogens is 334 g/mol. The van der Waals surface area contributed by atoms with E-state index in [0.29, 0.717) is 48.2 Å². The van der Waals surface area contributed by atoms with Gasteiger partial charge in [0.1, 0.15) is 11.5 Å². The Labute approximate surface area is 152 Å². The highest BCUT2D eigenvalue weighted by atomic mass is 16.5. The zero-order valence-corrected chi connectivity index (χ0v) is 15.0. The molecule has 0 saturated carbocycles. The Morgan fingerprint density at radius 2 is 1.65 bits per heavy atom. The summed E-state index contributed by atoms with van der Waals surface area (Å²) in [6.07, 6.45) is 0. The van der Waals surface area contributed by atoms with Gasteiger partial charge in [0.25, 0.3) is 5.91 Å². The van der Waals surface area contributed by atoms with Crippen molar-refractivity contribution >= 4 is 23.2 Å². The topological polar surface area (TPSA) is 83.8 Å². The minimum Gasteiger partial charge on any atom is -0.466 e. The first-order valence-electron chi connectivity index (χ1n) is 8.59. The highest BCUT2D eigenvalue weighted by Gasteiger charge is 2.15. The van der Waals surface area contributed by atoms with Crippen LogP contribution >= 0.6 is 0 Å². The summed E-state index contributed by atoms with van der Waals surface area (Å²) in [6.45, 7) is 6.78. The van der Waals surface area contributed by atoms with Crippen LogP contribution in [0.2, 0.25) is 0 Å². The average molecular weight is 357 g/mol. The molecule has 0 atom stereocenters. The van der Waals surface area contributed by atoms with Gasteiger partial charge in [-0.05, 0) is 44.2 Å². The molecule has 1 aliphatic rings. The lowest BCUT2D eigenvalue weighted by molar-refractivity contribution is -0.118. The van der Waals surface area contributed by atoms with Crippen molar-refractivity contribution in [1.82, 2.24) is 4.90 Å². The SMILES string of the molecule is Cc1cc(C(=O)Nc2ccc(NC(=O)CN3CCOCC3)cc2)c(C)o1. The van der Waals surface area contributed by atoms with Gasteiger partial charge in [-0.3, -0.25) is 14.5 Å². The highest BCUT2D eigenvalue weighted by molar-refractivity contribution is 6.05. The van der Waals surface area contributed by atoms with E-state index in [1.165, 1.54) is 0 Å². The lowest BCUT2D eigenvalue weighted by Gasteiger charge is -2.25. The highest BCUT2D eigenvalue weighted by Crippen LogP contribution is 2.18. The first-order valence-corrected chi connectivity index (χ1v) is 8.59. The first-order chi connectivity index (χ1) is 12.5. The van der Waals surface area contributed by atoms with Gasteiger partial charge in [0.15, 0.2) is 0 Å². The van der Waals surface area contributed by atoms with E-state index in [4.69, 9.17) is 9.15 Å². The van der Waals surface area contributed by atoms with E-state index >= 15 is 0 Å². The molecule has 0 unspecified atom stereocenters. The second kappa shape index (κ2) is 8.16. The van der Waals surface area contributed by atoms with Crippen molar-refractivity contribution in [2.45, 2.75) is 13.8 Å². The summed E-state index contributed by atoms with van der Waals surface area (Å²) < 4.78 is 10.6. The molecule has 0 aliphatic carbocycles. The molecule has 2 N–H and O–H groups in total. The fraction of sp³-hybridized carbons (Fsp3) is 0.368. The van der Waals surface area contributed by atoms with Crippen LogP contribution in [0.15, 0.2) is 34.7 Å². The average Bonchev–Trinajstić information content (AvgIpc) is 2.96. The second-order valence-corrected chi connectivity index (χ2v) is 6.30. The zero-order valence-electron chi connectivity index (χ0n) is 15.0. The van der Waals surface area contributed by atoms with Crippen LogP contribution in [0, 0.1) is 13.8 Å². The van der Waals surface area contributed by atoms with Crippen molar-refractivity contribution in [3.05, 3.63) is 47.4 Å². The number of carbonyl (C=O) groups is 2. The number of furan rings is 1. The van der Waals surface area contributed by atoms with E-state index < -0.39 is 0 Å². The van der Waals surface area contributed by atoms with Crippen LogP contribution in [0.3, 0.4) is 0 Å². The smallest absolute Gasteiger partial charge is 0.259 e. The van der Waals surface area contributed by atoms with E-state index in [1.807, 2.05) is 0 Å². The predicted molar refractivity (Wildman–Crippen MR) is 98.5 cm³/mol. The molecule has 1 aromatic carbocycles. The molecule has 0 radical (unpaired) electrons. The van der Waals surface area contributed by atoms with Gasteiger partial charge in [0.05, 0.1) is 25.3 Å². The molecular formula is C19H23N3O4. The summed E-state index contributed by atoms with van der Waals surface area (Å²) in [4.78, 5) is 26.4. The van der Waals surface area contributed by atoms with E-state index in [9.17, 15) is 9.59 Å². The van der Waals surface area contributed by atoms with Crippen LogP contribution in [0.4, 0.5) is 11.4 Å². The number of amides is 2. The Hall–Kier alpha value is -2.64. The second-order valence-electron chi connectivity index (χ2n) is 6.30. The van der Waals surface area contributed by atoms with Gasteiger partial charge in [-0.25, -0.2) is 0 Å². The van der Waals surface area contributed by atoms with Crippen molar-refractivity contribution in [3.8, 4) is 0 Å². The third-order valence-corrected chi connectivity index (χ3v) is 4.18. The van der Waals surface area contributed by atoms with Crippen molar-refractivity contribution in [1.29, 1.82) is 0 Å². The summed E-state index contributed by atoms with van der Waals surface area (Å²) in [5.41, 5.74) is 1.86. The molecule has 1 aromatic heterocycles. The molecule has 2 aromatic rings. The fourth-order valence-electron chi connectivity index (χ4n) is 2.85. The molecule has 7 heteroatoms. The van der Waals surface area contributed by atoms with Crippen molar-refractivity contribution in [2.75, 3.05) is 43.5 Å². The number of nitrogens with zero attached hydrogens (tertiary/aromatic N) is 1. The minimum absolute atomic E-state index is 0.0619. The van der Waals surface area contributed by atoms with Crippen LogP contribution in [0.1, 0.15) is 21.9 Å². The van der Waals surface area contributed by atoms with Gasteiger partial charge in [0.2, 0.25) is 5.91 Å². The number of aryl methyl sites for hydroxylation is 2. The van der Waals surface area contributed by atoms with E-state index in [0.717, 1.165) is 13.1 Å². The summed E-state index contributed by atoms with van der Waals surface area (Å²) in [6, 6.07) is 8.75. The van der Waals surface area contributed by atoms with Crippen LogP contribution < -0.4 is 10.6 Å². The maximum atomic E-state index is 12.3. The van der Waals surface area contributed by atoms with Crippen LogP contribution in [0.25, 0.3) is 0 Å². The standard InChI is InChI=1S/C19H23N3O4/c1-13-11-17(14(2)26-13)19(24)21-16-5-3-15(4-6-16)20-18(23)12-22-7-9-25-10-8-22/h3-6,11H,7-10,12H2,1-2H3,(H,20,23)(H,21,24). The Kier molecular flexibility index (Phi) is 5.70. The quantitative estimate of drug-likeness (QED) is 0.859. The van der Waals surface area contributed by atoms with Gasteiger partial charge >= 0.3 is 0 Å². The molecule has 138 valence electrons. The number of nitrogens with one attached hydrogen (secondary N) is 2. The van der Waals surface area contributed by atoms with Crippen LogP contribution in [-0.2, 0) is 9.53 Å². The van der Waals surface area contributed by atoms with Gasteiger partial charge in [-0.1, -0.05) is 0 Å². The maximum Gasteiger partial charge on any atom is 0.259 e. The first kappa shape index (κ1) is 18.2. The number of benzene rings is 1. The summed E-state index contributed by atoms with van der Waals surface area (Å²) in [5.74, 6) is 1.01. The monoisotopic (exact) mass is 357 g/mol. The number of rotatable bonds is 5. The molecule has 2 amide bonds. The molecule has 0 spiro atoms. The number of ether oxygens (including phenoxy) is 1. The summed E-state index contributed by atoms with van der Waals surface area (Å²) in [7, 11) is 0. The fourth-order valence-corrected chi connectivity index (χ4v) is 2.85. The Morgan fingerprint density at radius 1 is 1.04 bits per heavy atom.